The predicted octanol–water partition coefficient (Wildman–Crippen LogP) is 0.738. The van der Waals surface area contributed by atoms with Crippen molar-refractivity contribution in [3.05, 3.63) is 33.9 Å². The van der Waals surface area contributed by atoms with Gasteiger partial charge in [-0.2, -0.15) is 0 Å². The molecule has 0 saturated carbocycles. The zero-order valence-electron chi connectivity index (χ0n) is 11.8. The number of hydrogen-bond acceptors (Lipinski definition) is 5. The summed E-state index contributed by atoms with van der Waals surface area (Å²) in [7, 11) is 0. The van der Waals surface area contributed by atoms with Crippen molar-refractivity contribution in [1.82, 2.24) is 5.32 Å². The second-order valence-electron chi connectivity index (χ2n) is 5.80. The van der Waals surface area contributed by atoms with E-state index in [1.807, 2.05) is 4.90 Å². The molecular weight excluding hydrogens is 272 g/mol. The zero-order valence-corrected chi connectivity index (χ0v) is 11.8. The second kappa shape index (κ2) is 5.00. The van der Waals surface area contributed by atoms with E-state index in [0.29, 0.717) is 23.1 Å². The molecule has 1 amide bonds. The smallest absolute Gasteiger partial charge is 0.292 e. The van der Waals surface area contributed by atoms with Crippen LogP contribution in [0.15, 0.2) is 18.2 Å². The third-order valence-corrected chi connectivity index (χ3v) is 4.70. The number of hydrogen-bond donors (Lipinski definition) is 2. The first-order chi connectivity index (χ1) is 9.99. The molecule has 1 aromatic rings. The molecule has 3 atom stereocenters. The van der Waals surface area contributed by atoms with E-state index in [-0.39, 0.29) is 11.7 Å². The largest absolute Gasteiger partial charge is 0.366 e. The summed E-state index contributed by atoms with van der Waals surface area (Å²) >= 11 is 0. The number of nitrogens with one attached hydrogen (secondary N) is 1. The van der Waals surface area contributed by atoms with Gasteiger partial charge in [0, 0.05) is 37.3 Å². The fourth-order valence-electron chi connectivity index (χ4n) is 3.55. The van der Waals surface area contributed by atoms with Gasteiger partial charge in [-0.3, -0.25) is 14.9 Å². The zero-order chi connectivity index (χ0) is 15.1. The fourth-order valence-corrected chi connectivity index (χ4v) is 3.55. The highest BCUT2D eigenvalue weighted by atomic mass is 16.6. The van der Waals surface area contributed by atoms with Crippen LogP contribution < -0.4 is 16.0 Å². The first-order valence-corrected chi connectivity index (χ1v) is 7.04. The number of carbonyl (C=O) groups excluding carboxylic acids is 1. The molecule has 0 radical (unpaired) electrons. The van der Waals surface area contributed by atoms with E-state index in [9.17, 15) is 14.9 Å². The van der Waals surface area contributed by atoms with Crippen molar-refractivity contribution >= 4 is 17.3 Å². The van der Waals surface area contributed by atoms with Crippen LogP contribution in [0.5, 0.6) is 0 Å². The monoisotopic (exact) mass is 290 g/mol. The van der Waals surface area contributed by atoms with Crippen molar-refractivity contribution in [1.29, 1.82) is 0 Å². The molecule has 3 rings (SSSR count). The Morgan fingerprint density at radius 1 is 1.48 bits per heavy atom. The van der Waals surface area contributed by atoms with Crippen LogP contribution in [0.25, 0.3) is 0 Å². The molecule has 7 nitrogen and oxygen atoms in total. The summed E-state index contributed by atoms with van der Waals surface area (Å²) < 4.78 is 0. The molecule has 2 aliphatic heterocycles. The van der Waals surface area contributed by atoms with E-state index in [1.165, 1.54) is 12.1 Å². The van der Waals surface area contributed by atoms with E-state index >= 15 is 0 Å². The van der Waals surface area contributed by atoms with Crippen molar-refractivity contribution < 1.29 is 9.72 Å². The highest BCUT2D eigenvalue weighted by molar-refractivity contribution is 5.94. The van der Waals surface area contributed by atoms with Crippen molar-refractivity contribution in [2.75, 3.05) is 24.5 Å². The van der Waals surface area contributed by atoms with Crippen LogP contribution in [-0.4, -0.2) is 36.5 Å². The summed E-state index contributed by atoms with van der Waals surface area (Å²) in [5.41, 5.74) is 6.13. The fraction of sp³-hybridized carbons (Fsp3) is 0.500. The minimum atomic E-state index is -0.570. The number of nitrogens with two attached hydrogens (primary N) is 1. The number of carbonyl (C=O) groups is 1. The molecule has 0 spiro atoms. The molecular formula is C14H18N4O3. The van der Waals surface area contributed by atoms with Crippen LogP contribution in [0.3, 0.4) is 0 Å². The molecule has 3 N–H and O–H groups in total. The Balaban J connectivity index is 2.02. The summed E-state index contributed by atoms with van der Waals surface area (Å²) in [6, 6.07) is 4.53. The number of anilines is 1. The molecule has 2 aliphatic rings. The average Bonchev–Trinajstić information content (AvgIpc) is 3.01. The van der Waals surface area contributed by atoms with E-state index in [0.717, 1.165) is 19.6 Å². The SMILES string of the molecule is CC1C2CNCC2CN1c1cc(C(N)=O)ccc1[N+](=O)[O-]. The number of fused-ring (bicyclic) bond motifs is 1. The summed E-state index contributed by atoms with van der Waals surface area (Å²) in [5, 5.41) is 14.6. The molecule has 0 bridgehead atoms. The lowest BCUT2D eigenvalue weighted by Crippen LogP contribution is -2.33. The molecule has 2 heterocycles. The third-order valence-electron chi connectivity index (χ3n) is 4.70. The summed E-state index contributed by atoms with van der Waals surface area (Å²) in [5.74, 6) is 0.415. The van der Waals surface area contributed by atoms with Gasteiger partial charge in [-0.25, -0.2) is 0 Å². The number of nitro groups is 1. The third kappa shape index (κ3) is 2.23. The van der Waals surface area contributed by atoms with Gasteiger partial charge >= 0.3 is 0 Å². The van der Waals surface area contributed by atoms with E-state index < -0.39 is 10.8 Å². The summed E-state index contributed by atoms with van der Waals surface area (Å²) in [6.07, 6.45) is 0. The Morgan fingerprint density at radius 3 is 2.86 bits per heavy atom. The number of rotatable bonds is 3. The molecule has 0 aliphatic carbocycles. The molecule has 21 heavy (non-hydrogen) atoms. The average molecular weight is 290 g/mol. The number of amides is 1. The normalized spacial score (nSPS) is 27.7. The van der Waals surface area contributed by atoms with E-state index in [1.54, 1.807) is 6.07 Å². The van der Waals surface area contributed by atoms with Crippen LogP contribution in [0.2, 0.25) is 0 Å². The van der Waals surface area contributed by atoms with Crippen LogP contribution in [0.1, 0.15) is 17.3 Å². The predicted molar refractivity (Wildman–Crippen MR) is 78.3 cm³/mol. The lowest BCUT2D eigenvalue weighted by atomic mass is 9.95. The molecule has 7 heteroatoms. The molecule has 112 valence electrons. The Hall–Kier alpha value is -2.15. The number of benzene rings is 1. The van der Waals surface area contributed by atoms with Crippen LogP contribution in [0.4, 0.5) is 11.4 Å². The first kappa shape index (κ1) is 13.8. The first-order valence-electron chi connectivity index (χ1n) is 7.04. The lowest BCUT2D eigenvalue weighted by Gasteiger charge is -2.26. The van der Waals surface area contributed by atoms with Gasteiger partial charge in [-0.05, 0) is 30.9 Å². The molecule has 2 saturated heterocycles. The Labute approximate surface area is 122 Å². The minimum Gasteiger partial charge on any atom is -0.366 e. The topological polar surface area (TPSA) is 102 Å². The van der Waals surface area contributed by atoms with Crippen molar-refractivity contribution in [2.45, 2.75) is 13.0 Å². The molecule has 1 aromatic carbocycles. The Morgan fingerprint density at radius 2 is 2.24 bits per heavy atom. The van der Waals surface area contributed by atoms with Gasteiger partial charge < -0.3 is 16.0 Å². The second-order valence-corrected chi connectivity index (χ2v) is 5.80. The van der Waals surface area contributed by atoms with E-state index in [2.05, 4.69) is 12.2 Å². The van der Waals surface area contributed by atoms with Crippen molar-refractivity contribution in [2.24, 2.45) is 17.6 Å². The van der Waals surface area contributed by atoms with Crippen LogP contribution in [0, 0.1) is 22.0 Å². The summed E-state index contributed by atoms with van der Waals surface area (Å²) in [6.45, 7) is 4.72. The number of primary amides is 1. The van der Waals surface area contributed by atoms with Crippen molar-refractivity contribution in [3.63, 3.8) is 0 Å². The Kier molecular flexibility index (Phi) is 3.29. The maximum absolute atomic E-state index is 11.4. The van der Waals surface area contributed by atoms with Crippen molar-refractivity contribution in [3.8, 4) is 0 Å². The van der Waals surface area contributed by atoms with Gasteiger partial charge in [-0.1, -0.05) is 0 Å². The number of nitro benzene ring substituents is 1. The highest BCUT2D eigenvalue weighted by Gasteiger charge is 2.43. The summed E-state index contributed by atoms with van der Waals surface area (Å²) in [4.78, 5) is 24.3. The van der Waals surface area contributed by atoms with Gasteiger partial charge in [0.1, 0.15) is 5.69 Å². The Bertz CT molecular complexity index is 604. The number of nitrogens with zero attached hydrogens (tertiary/aromatic N) is 2. The quantitative estimate of drug-likeness (QED) is 0.631. The molecule has 0 aromatic heterocycles. The molecule has 3 unspecified atom stereocenters. The van der Waals surface area contributed by atoms with Gasteiger partial charge in [0.05, 0.1) is 4.92 Å². The highest BCUT2D eigenvalue weighted by Crippen LogP contribution is 2.39. The maximum Gasteiger partial charge on any atom is 0.292 e. The standard InChI is InChI=1S/C14H18N4O3/c1-8-11-6-16-5-10(11)7-17(8)13-4-9(14(15)19)2-3-12(13)18(20)21/h2-4,8,10-11,16H,5-7H2,1H3,(H2,15,19). The lowest BCUT2D eigenvalue weighted by molar-refractivity contribution is -0.384. The van der Waals surface area contributed by atoms with Gasteiger partial charge in [0.15, 0.2) is 0 Å². The van der Waals surface area contributed by atoms with Crippen LogP contribution in [-0.2, 0) is 0 Å². The van der Waals surface area contributed by atoms with Crippen LogP contribution >= 0.6 is 0 Å². The van der Waals surface area contributed by atoms with Gasteiger partial charge in [0.2, 0.25) is 5.91 Å². The van der Waals surface area contributed by atoms with Gasteiger partial charge in [-0.15, -0.1) is 0 Å². The van der Waals surface area contributed by atoms with E-state index in [4.69, 9.17) is 5.73 Å². The van der Waals surface area contributed by atoms with Gasteiger partial charge in [0.25, 0.3) is 5.69 Å². The minimum absolute atomic E-state index is 0.0276. The maximum atomic E-state index is 11.4. The molecule has 2 fully saturated rings.